The van der Waals surface area contributed by atoms with Gasteiger partial charge in [-0.05, 0) is 76.6 Å². The third kappa shape index (κ3) is 6.88. The fraction of sp³-hybridized carbons (Fsp3) is 0.0435. The molecule has 0 spiro atoms. The maximum atomic E-state index is 13.0. The van der Waals surface area contributed by atoms with E-state index in [2.05, 4.69) is 37.2 Å². The summed E-state index contributed by atoms with van der Waals surface area (Å²) in [4.78, 5) is 12.5. The number of benzene rings is 3. The number of hydrogen-bond donors (Lipinski definition) is 1. The Morgan fingerprint density at radius 3 is 2.36 bits per heavy atom. The maximum absolute atomic E-state index is 13.0. The van der Waals surface area contributed by atoms with Crippen molar-refractivity contribution >= 4 is 71.2 Å². The summed E-state index contributed by atoms with van der Waals surface area (Å²) >= 11 is 12.2. The molecule has 0 aromatic heterocycles. The van der Waals surface area contributed by atoms with Crippen LogP contribution in [-0.4, -0.2) is 14.3 Å². The molecule has 0 aliphatic carbocycles. The van der Waals surface area contributed by atoms with Gasteiger partial charge in [-0.3, -0.25) is 4.79 Å². The van der Waals surface area contributed by atoms with Crippen molar-refractivity contribution in [3.05, 3.63) is 91.3 Å². The van der Waals surface area contributed by atoms with Gasteiger partial charge in [-0.25, -0.2) is 0 Å². The topological polar surface area (TPSA) is 96.3 Å². The minimum Gasteiger partial charge on any atom is -0.377 e. The van der Waals surface area contributed by atoms with Crippen molar-refractivity contribution in [1.82, 2.24) is 0 Å². The third-order valence-corrected chi connectivity index (χ3v) is 6.98. The zero-order chi connectivity index (χ0) is 26.7. The van der Waals surface area contributed by atoms with E-state index in [1.54, 1.807) is 6.07 Å². The lowest BCUT2D eigenvalue weighted by atomic mass is 10.1. The Bertz CT molecular complexity index is 1500. The lowest BCUT2D eigenvalue weighted by molar-refractivity contribution is -0.137. The number of nitrogens with zero attached hydrogens (tertiary/aromatic N) is 1. The molecule has 0 atom stereocenters. The molecule has 3 rings (SSSR count). The highest BCUT2D eigenvalue weighted by atomic mass is 79.9. The molecule has 0 aliphatic heterocycles. The average molecular weight is 665 g/mol. The van der Waals surface area contributed by atoms with E-state index >= 15 is 0 Å². The summed E-state index contributed by atoms with van der Waals surface area (Å²) in [6.45, 7) is 0. The number of rotatable bonds is 6. The van der Waals surface area contributed by atoms with Crippen LogP contribution in [0.3, 0.4) is 0 Å². The van der Waals surface area contributed by atoms with Crippen molar-refractivity contribution in [1.29, 1.82) is 5.26 Å². The van der Waals surface area contributed by atoms with Crippen molar-refractivity contribution in [3.63, 3.8) is 0 Å². The van der Waals surface area contributed by atoms with Gasteiger partial charge >= 0.3 is 16.3 Å². The van der Waals surface area contributed by atoms with Crippen molar-refractivity contribution in [2.24, 2.45) is 0 Å². The number of halogens is 6. The molecule has 6 nitrogen and oxygen atoms in total. The zero-order valence-corrected chi connectivity index (χ0v) is 22.4. The van der Waals surface area contributed by atoms with Gasteiger partial charge in [0.2, 0.25) is 0 Å². The van der Waals surface area contributed by atoms with Crippen LogP contribution in [0.2, 0.25) is 5.02 Å². The molecule has 0 unspecified atom stereocenters. The fourth-order valence-corrected chi connectivity index (χ4v) is 5.35. The first-order valence-electron chi connectivity index (χ1n) is 9.59. The maximum Gasteiger partial charge on any atom is 0.416 e. The lowest BCUT2D eigenvalue weighted by Gasteiger charge is -2.13. The molecule has 186 valence electrons. The van der Waals surface area contributed by atoms with Crippen LogP contribution in [0.15, 0.2) is 80.1 Å². The highest BCUT2D eigenvalue weighted by Crippen LogP contribution is 2.36. The first-order valence-corrected chi connectivity index (χ1v) is 13.0. The Hall–Kier alpha value is -2.85. The molecule has 0 radical (unpaired) electrons. The van der Waals surface area contributed by atoms with Gasteiger partial charge in [0.15, 0.2) is 5.75 Å². The van der Waals surface area contributed by atoms with Crippen LogP contribution in [0.1, 0.15) is 11.1 Å². The molecule has 36 heavy (non-hydrogen) atoms. The van der Waals surface area contributed by atoms with Gasteiger partial charge in [-0.1, -0.05) is 33.6 Å². The number of carbonyl (C=O) groups is 1. The number of nitriles is 1. The smallest absolute Gasteiger partial charge is 0.377 e. The Kier molecular flexibility index (Phi) is 8.51. The Morgan fingerprint density at radius 2 is 1.75 bits per heavy atom. The number of hydrogen-bond acceptors (Lipinski definition) is 5. The van der Waals surface area contributed by atoms with Crippen LogP contribution in [0, 0.1) is 11.3 Å². The van der Waals surface area contributed by atoms with E-state index in [-0.39, 0.29) is 26.4 Å². The minimum atomic E-state index is -4.63. The molecule has 13 heteroatoms. The van der Waals surface area contributed by atoms with E-state index in [9.17, 15) is 31.6 Å². The number of alkyl halides is 3. The van der Waals surface area contributed by atoms with Crippen LogP contribution in [0.4, 0.5) is 18.9 Å². The third-order valence-electron chi connectivity index (χ3n) is 4.45. The Morgan fingerprint density at radius 1 is 1.08 bits per heavy atom. The summed E-state index contributed by atoms with van der Waals surface area (Å²) in [5.41, 5.74) is -1.68. The summed E-state index contributed by atoms with van der Waals surface area (Å²) in [6.07, 6.45) is -3.58. The molecular weight excluding hydrogens is 653 g/mol. The Labute approximate surface area is 225 Å². The molecule has 0 saturated heterocycles. The fourth-order valence-electron chi connectivity index (χ4n) is 2.81. The Balaban J connectivity index is 1.98. The largest absolute Gasteiger partial charge is 0.416 e. The van der Waals surface area contributed by atoms with Crippen LogP contribution in [0.5, 0.6) is 5.75 Å². The molecule has 0 bridgehead atoms. The molecule has 1 N–H and O–H groups in total. The molecular formula is C23H12Br2ClF3N2O4S. The summed E-state index contributed by atoms with van der Waals surface area (Å²) in [5, 5.41) is 12.1. The summed E-state index contributed by atoms with van der Waals surface area (Å²) in [5.74, 6) is -1.24. The second-order valence-corrected chi connectivity index (χ2v) is 10.8. The monoisotopic (exact) mass is 662 g/mol. The average Bonchev–Trinajstić information content (AvgIpc) is 2.79. The molecule has 3 aromatic carbocycles. The van der Waals surface area contributed by atoms with Crippen LogP contribution in [0.25, 0.3) is 6.08 Å². The van der Waals surface area contributed by atoms with Gasteiger partial charge in [0.05, 0.1) is 10.0 Å². The van der Waals surface area contributed by atoms with Gasteiger partial charge in [0, 0.05) is 20.7 Å². The standard InChI is InChI=1S/C23H12Br2ClF3N2O4S/c24-16-9-13(21(20(25)11-16)35-36(33,34)19-6-4-17(26)5-7-19)8-14(12-30)22(32)31-18-3-1-2-15(10-18)23(27,28)29/h1-11H,(H,31,32)/b14-8+. The number of nitrogens with one attached hydrogen (secondary N) is 1. The summed E-state index contributed by atoms with van der Waals surface area (Å²) < 4.78 is 70.4. The molecule has 1 amide bonds. The van der Waals surface area contributed by atoms with Crippen molar-refractivity contribution in [2.45, 2.75) is 11.1 Å². The van der Waals surface area contributed by atoms with E-state index in [0.717, 1.165) is 24.3 Å². The number of amides is 1. The number of carbonyl (C=O) groups excluding carboxylic acids is 1. The van der Waals surface area contributed by atoms with Gasteiger partial charge in [-0.2, -0.15) is 26.9 Å². The summed E-state index contributed by atoms with van der Waals surface area (Å²) in [7, 11) is -4.34. The van der Waals surface area contributed by atoms with Crippen LogP contribution >= 0.6 is 43.5 Å². The minimum absolute atomic E-state index is 0.0181. The van der Waals surface area contributed by atoms with Gasteiger partial charge in [0.25, 0.3) is 5.91 Å². The zero-order valence-electron chi connectivity index (χ0n) is 17.6. The first kappa shape index (κ1) is 27.7. The van der Waals surface area contributed by atoms with E-state index < -0.39 is 33.3 Å². The molecule has 0 heterocycles. The highest BCUT2D eigenvalue weighted by Gasteiger charge is 2.30. The second-order valence-electron chi connectivity index (χ2n) is 7.00. The van der Waals surface area contributed by atoms with Gasteiger partial charge < -0.3 is 9.50 Å². The van der Waals surface area contributed by atoms with E-state index in [1.807, 2.05) is 0 Å². The van der Waals surface area contributed by atoms with Crippen molar-refractivity contribution < 1.29 is 30.6 Å². The number of anilines is 1. The molecule has 0 aliphatic rings. The molecule has 0 fully saturated rings. The second kappa shape index (κ2) is 11.0. The SMILES string of the molecule is N#C/C(=C\c1cc(Br)cc(Br)c1OS(=O)(=O)c1ccc(Cl)cc1)C(=O)Nc1cccc(C(F)(F)F)c1. The van der Waals surface area contributed by atoms with Gasteiger partial charge in [-0.15, -0.1) is 0 Å². The normalized spacial score (nSPS) is 12.1. The predicted molar refractivity (Wildman–Crippen MR) is 135 cm³/mol. The van der Waals surface area contributed by atoms with Gasteiger partial charge in [0.1, 0.15) is 16.5 Å². The van der Waals surface area contributed by atoms with Crippen molar-refractivity contribution in [3.8, 4) is 11.8 Å². The highest BCUT2D eigenvalue weighted by molar-refractivity contribution is 9.11. The van der Waals surface area contributed by atoms with Crippen molar-refractivity contribution in [2.75, 3.05) is 5.32 Å². The quantitative estimate of drug-likeness (QED) is 0.171. The van der Waals surface area contributed by atoms with Crippen LogP contribution < -0.4 is 9.50 Å². The van der Waals surface area contributed by atoms with Crippen LogP contribution in [-0.2, 0) is 21.1 Å². The van der Waals surface area contributed by atoms with E-state index in [4.69, 9.17) is 15.8 Å². The van der Waals surface area contributed by atoms with E-state index in [1.165, 1.54) is 42.5 Å². The molecule has 3 aromatic rings. The lowest BCUT2D eigenvalue weighted by Crippen LogP contribution is -2.15. The molecule has 0 saturated carbocycles. The predicted octanol–water partition coefficient (Wildman–Crippen LogP) is 7.20. The summed E-state index contributed by atoms with van der Waals surface area (Å²) in [6, 6.07) is 13.6. The first-order chi connectivity index (χ1) is 16.8. The van der Waals surface area contributed by atoms with E-state index in [0.29, 0.717) is 9.50 Å².